The Hall–Kier alpha value is -1.52. The van der Waals surface area contributed by atoms with Crippen molar-refractivity contribution in [2.24, 2.45) is 0 Å². The maximum absolute atomic E-state index is 5.83. The molecule has 3 nitrogen and oxygen atoms in total. The van der Waals surface area contributed by atoms with E-state index < -0.39 is 0 Å². The van der Waals surface area contributed by atoms with E-state index in [4.69, 9.17) is 4.74 Å². The maximum Gasteiger partial charge on any atom is 0.120 e. The van der Waals surface area contributed by atoms with E-state index in [1.807, 2.05) is 24.3 Å². The average molecular weight is 375 g/mol. The minimum Gasteiger partial charge on any atom is -0.492 e. The van der Waals surface area contributed by atoms with Gasteiger partial charge in [-0.2, -0.15) is 0 Å². The lowest BCUT2D eigenvalue weighted by atomic mass is 10.2. The van der Waals surface area contributed by atoms with E-state index in [1.54, 1.807) is 0 Å². The van der Waals surface area contributed by atoms with Crippen molar-refractivity contribution in [3.8, 4) is 5.75 Å². The highest BCUT2D eigenvalue weighted by Gasteiger charge is 2.17. The molecular weight excluding hydrogens is 352 g/mol. The van der Waals surface area contributed by atoms with Crippen LogP contribution >= 0.6 is 15.9 Å². The number of anilines is 1. The number of aryl methyl sites for hydroxylation is 1. The summed E-state index contributed by atoms with van der Waals surface area (Å²) in [6, 6.07) is 16.8. The van der Waals surface area contributed by atoms with Crippen LogP contribution in [-0.4, -0.2) is 44.2 Å². The molecule has 1 aliphatic heterocycles. The number of hydrogen-bond donors (Lipinski definition) is 0. The number of hydrogen-bond acceptors (Lipinski definition) is 3. The van der Waals surface area contributed by atoms with Crippen LogP contribution in [0.5, 0.6) is 5.75 Å². The van der Waals surface area contributed by atoms with Gasteiger partial charge in [0.2, 0.25) is 0 Å². The highest BCUT2D eigenvalue weighted by molar-refractivity contribution is 9.10. The molecule has 0 amide bonds. The monoisotopic (exact) mass is 374 g/mol. The molecule has 1 aliphatic rings. The molecule has 0 saturated carbocycles. The van der Waals surface area contributed by atoms with E-state index in [0.717, 1.165) is 49.6 Å². The van der Waals surface area contributed by atoms with Crippen LogP contribution in [0.25, 0.3) is 0 Å². The third-order valence-electron chi connectivity index (χ3n) is 4.21. The molecule has 0 spiro atoms. The highest BCUT2D eigenvalue weighted by atomic mass is 79.9. The first-order valence-electron chi connectivity index (χ1n) is 8.13. The van der Waals surface area contributed by atoms with Crippen molar-refractivity contribution in [1.29, 1.82) is 0 Å². The molecule has 1 heterocycles. The Morgan fingerprint density at radius 2 is 1.78 bits per heavy atom. The lowest BCUT2D eigenvalue weighted by Crippen LogP contribution is -2.47. The first-order chi connectivity index (χ1) is 11.2. The van der Waals surface area contributed by atoms with Crippen LogP contribution in [-0.2, 0) is 0 Å². The van der Waals surface area contributed by atoms with Crippen LogP contribution in [0.2, 0.25) is 0 Å². The topological polar surface area (TPSA) is 15.7 Å². The summed E-state index contributed by atoms with van der Waals surface area (Å²) >= 11 is 3.47. The van der Waals surface area contributed by atoms with Crippen LogP contribution in [0, 0.1) is 6.92 Å². The standard InChI is InChI=1S/C19H23BrN2O/c1-16-4-2-6-18(14-16)22-10-8-21(9-11-22)12-13-23-19-7-3-5-17(20)15-19/h2-7,14-15H,8-13H2,1H3. The summed E-state index contributed by atoms with van der Waals surface area (Å²) < 4.78 is 6.89. The van der Waals surface area contributed by atoms with Crippen LogP contribution in [0.1, 0.15) is 5.56 Å². The Morgan fingerprint density at radius 3 is 2.52 bits per heavy atom. The van der Waals surface area contributed by atoms with E-state index in [1.165, 1.54) is 11.3 Å². The van der Waals surface area contributed by atoms with Crippen LogP contribution in [0.4, 0.5) is 5.69 Å². The minimum atomic E-state index is 0.737. The predicted molar refractivity (Wildman–Crippen MR) is 99.5 cm³/mol. The van der Waals surface area contributed by atoms with Crippen LogP contribution < -0.4 is 9.64 Å². The summed E-state index contributed by atoms with van der Waals surface area (Å²) in [6.07, 6.45) is 0. The Morgan fingerprint density at radius 1 is 1.00 bits per heavy atom. The first-order valence-corrected chi connectivity index (χ1v) is 8.92. The summed E-state index contributed by atoms with van der Waals surface area (Å²) in [5.41, 5.74) is 2.67. The van der Waals surface area contributed by atoms with Gasteiger partial charge < -0.3 is 9.64 Å². The molecule has 1 fully saturated rings. The summed E-state index contributed by atoms with van der Waals surface area (Å²) in [4.78, 5) is 4.95. The molecule has 0 bridgehead atoms. The Labute approximate surface area is 147 Å². The van der Waals surface area contributed by atoms with Crippen LogP contribution in [0.15, 0.2) is 53.0 Å². The summed E-state index contributed by atoms with van der Waals surface area (Å²) in [6.45, 7) is 8.22. The fourth-order valence-corrected chi connectivity index (χ4v) is 3.28. The third kappa shape index (κ3) is 4.72. The number of ether oxygens (including phenoxy) is 1. The Bertz CT molecular complexity index is 636. The Balaban J connectivity index is 1.42. The zero-order valence-corrected chi connectivity index (χ0v) is 15.1. The van der Waals surface area contributed by atoms with E-state index >= 15 is 0 Å². The fourth-order valence-electron chi connectivity index (χ4n) is 2.90. The van der Waals surface area contributed by atoms with Gasteiger partial charge in [0, 0.05) is 42.9 Å². The summed E-state index contributed by atoms with van der Waals surface area (Å²) in [5, 5.41) is 0. The quantitative estimate of drug-likeness (QED) is 0.787. The molecular formula is C19H23BrN2O. The molecule has 0 atom stereocenters. The van der Waals surface area contributed by atoms with Gasteiger partial charge in [-0.05, 0) is 42.8 Å². The van der Waals surface area contributed by atoms with Gasteiger partial charge in [0.05, 0.1) is 0 Å². The lowest BCUT2D eigenvalue weighted by Gasteiger charge is -2.36. The molecule has 1 saturated heterocycles. The van der Waals surface area contributed by atoms with E-state index in [-0.39, 0.29) is 0 Å². The van der Waals surface area contributed by atoms with E-state index in [2.05, 4.69) is 56.9 Å². The smallest absolute Gasteiger partial charge is 0.120 e. The number of benzene rings is 2. The fraction of sp³-hybridized carbons (Fsp3) is 0.368. The van der Waals surface area contributed by atoms with Gasteiger partial charge in [-0.25, -0.2) is 0 Å². The van der Waals surface area contributed by atoms with Crippen LogP contribution in [0.3, 0.4) is 0 Å². The molecule has 0 aliphatic carbocycles. The van der Waals surface area contributed by atoms with Gasteiger partial charge in [-0.15, -0.1) is 0 Å². The summed E-state index contributed by atoms with van der Waals surface area (Å²) in [5.74, 6) is 0.928. The first kappa shape index (κ1) is 16.3. The molecule has 122 valence electrons. The van der Waals surface area contributed by atoms with Crippen molar-refractivity contribution in [1.82, 2.24) is 4.90 Å². The molecule has 2 aromatic carbocycles. The zero-order valence-electron chi connectivity index (χ0n) is 13.5. The van der Waals surface area contributed by atoms with Gasteiger partial charge in [0.25, 0.3) is 0 Å². The van der Waals surface area contributed by atoms with Gasteiger partial charge in [0.15, 0.2) is 0 Å². The maximum atomic E-state index is 5.83. The zero-order chi connectivity index (χ0) is 16.1. The van der Waals surface area contributed by atoms with Crippen molar-refractivity contribution in [2.45, 2.75) is 6.92 Å². The lowest BCUT2D eigenvalue weighted by molar-refractivity contribution is 0.200. The molecule has 23 heavy (non-hydrogen) atoms. The number of rotatable bonds is 5. The molecule has 0 N–H and O–H groups in total. The number of nitrogens with zero attached hydrogens (tertiary/aromatic N) is 2. The third-order valence-corrected chi connectivity index (χ3v) is 4.70. The average Bonchev–Trinajstić information content (AvgIpc) is 2.56. The predicted octanol–water partition coefficient (Wildman–Crippen LogP) is 3.96. The van der Waals surface area contributed by atoms with Gasteiger partial charge >= 0.3 is 0 Å². The molecule has 4 heteroatoms. The second kappa shape index (κ2) is 7.84. The second-order valence-electron chi connectivity index (χ2n) is 5.97. The largest absolute Gasteiger partial charge is 0.492 e. The number of piperazine rings is 1. The van der Waals surface area contributed by atoms with Crippen molar-refractivity contribution in [2.75, 3.05) is 44.2 Å². The highest BCUT2D eigenvalue weighted by Crippen LogP contribution is 2.19. The molecule has 0 unspecified atom stereocenters. The van der Waals surface area contributed by atoms with Gasteiger partial charge in [-0.1, -0.05) is 34.1 Å². The second-order valence-corrected chi connectivity index (χ2v) is 6.89. The SMILES string of the molecule is Cc1cccc(N2CCN(CCOc3cccc(Br)c3)CC2)c1. The van der Waals surface area contributed by atoms with Crippen molar-refractivity contribution >= 4 is 21.6 Å². The van der Waals surface area contributed by atoms with Crippen molar-refractivity contribution in [3.63, 3.8) is 0 Å². The van der Waals surface area contributed by atoms with Gasteiger partial charge in [0.1, 0.15) is 12.4 Å². The van der Waals surface area contributed by atoms with Gasteiger partial charge in [-0.3, -0.25) is 4.90 Å². The molecule has 2 aromatic rings. The Kier molecular flexibility index (Phi) is 5.57. The number of halogens is 1. The molecule has 0 radical (unpaired) electrons. The van der Waals surface area contributed by atoms with E-state index in [0.29, 0.717) is 0 Å². The molecule has 0 aromatic heterocycles. The minimum absolute atomic E-state index is 0.737. The molecule has 3 rings (SSSR count). The van der Waals surface area contributed by atoms with E-state index in [9.17, 15) is 0 Å². The summed E-state index contributed by atoms with van der Waals surface area (Å²) in [7, 11) is 0. The van der Waals surface area contributed by atoms with Crippen molar-refractivity contribution < 1.29 is 4.74 Å². The normalized spacial score (nSPS) is 15.7. The van der Waals surface area contributed by atoms with Crippen molar-refractivity contribution in [3.05, 3.63) is 58.6 Å².